The second-order valence-corrected chi connectivity index (χ2v) is 7.17. The first-order valence-corrected chi connectivity index (χ1v) is 8.90. The molecule has 0 bridgehead atoms. The molecule has 1 unspecified atom stereocenters. The van der Waals surface area contributed by atoms with Crippen LogP contribution in [0.3, 0.4) is 0 Å². The fourth-order valence-corrected chi connectivity index (χ4v) is 3.85. The Balaban J connectivity index is 1.85. The number of amides is 1. The molecule has 0 spiro atoms. The number of rotatable bonds is 2. The first-order valence-electron chi connectivity index (χ1n) is 8.10. The standard InChI is InChI=1S/C20H16BrNO3/c1-12-4-2-3-5-15(12)16-10-18(23)22(14-8-6-13(21)7-9-14)17-11-25-20(24)19(16)17/h2-9,16H,10-11H2,1H3. The SMILES string of the molecule is Cc1ccccc1C1CC(=O)N(c2ccc(Br)cc2)C2=C1C(=O)OC2. The molecule has 0 aromatic heterocycles. The van der Waals surface area contributed by atoms with Crippen LogP contribution in [0.5, 0.6) is 0 Å². The minimum absolute atomic E-state index is 0.0207. The molecule has 4 rings (SSSR count). The maximum Gasteiger partial charge on any atom is 0.336 e. The monoisotopic (exact) mass is 397 g/mol. The number of aryl methyl sites for hydroxylation is 1. The van der Waals surface area contributed by atoms with Gasteiger partial charge in [-0.2, -0.15) is 0 Å². The highest BCUT2D eigenvalue weighted by molar-refractivity contribution is 9.10. The highest BCUT2D eigenvalue weighted by Crippen LogP contribution is 2.42. The summed E-state index contributed by atoms with van der Waals surface area (Å²) in [7, 11) is 0. The van der Waals surface area contributed by atoms with Gasteiger partial charge in [0.2, 0.25) is 5.91 Å². The van der Waals surface area contributed by atoms with Crippen molar-refractivity contribution in [1.29, 1.82) is 0 Å². The number of carbonyl (C=O) groups excluding carboxylic acids is 2. The predicted octanol–water partition coefficient (Wildman–Crippen LogP) is 4.09. The number of nitrogens with zero attached hydrogens (tertiary/aromatic N) is 1. The van der Waals surface area contributed by atoms with Gasteiger partial charge >= 0.3 is 5.97 Å². The van der Waals surface area contributed by atoms with Crippen molar-refractivity contribution in [2.45, 2.75) is 19.3 Å². The molecule has 1 atom stereocenters. The molecule has 25 heavy (non-hydrogen) atoms. The molecule has 0 saturated carbocycles. The number of esters is 1. The summed E-state index contributed by atoms with van der Waals surface area (Å²) in [5, 5.41) is 0. The van der Waals surface area contributed by atoms with Gasteiger partial charge in [-0.15, -0.1) is 0 Å². The molecule has 2 aliphatic rings. The number of benzene rings is 2. The van der Waals surface area contributed by atoms with Gasteiger partial charge in [0.1, 0.15) is 6.61 Å². The van der Waals surface area contributed by atoms with Gasteiger partial charge in [0.05, 0.1) is 11.3 Å². The molecule has 0 N–H and O–H groups in total. The van der Waals surface area contributed by atoms with Gasteiger partial charge in [-0.1, -0.05) is 40.2 Å². The third-order valence-corrected chi connectivity index (χ3v) is 5.29. The molecular weight excluding hydrogens is 382 g/mol. The van der Waals surface area contributed by atoms with Gasteiger partial charge in [0.15, 0.2) is 0 Å². The lowest BCUT2D eigenvalue weighted by Crippen LogP contribution is -2.37. The van der Waals surface area contributed by atoms with E-state index >= 15 is 0 Å². The zero-order valence-corrected chi connectivity index (χ0v) is 15.2. The number of anilines is 1. The molecule has 0 aliphatic carbocycles. The van der Waals surface area contributed by atoms with Crippen LogP contribution >= 0.6 is 15.9 Å². The molecule has 0 radical (unpaired) electrons. The predicted molar refractivity (Wildman–Crippen MR) is 98.2 cm³/mol. The third-order valence-electron chi connectivity index (χ3n) is 4.77. The van der Waals surface area contributed by atoms with E-state index < -0.39 is 0 Å². The van der Waals surface area contributed by atoms with E-state index in [1.54, 1.807) is 4.90 Å². The summed E-state index contributed by atoms with van der Waals surface area (Å²) in [6.07, 6.45) is 0.259. The molecule has 5 heteroatoms. The van der Waals surface area contributed by atoms with Gasteiger partial charge in [0, 0.05) is 22.5 Å². The van der Waals surface area contributed by atoms with Crippen LogP contribution in [-0.4, -0.2) is 18.5 Å². The highest BCUT2D eigenvalue weighted by atomic mass is 79.9. The Morgan fingerprint density at radius 1 is 1.08 bits per heavy atom. The van der Waals surface area contributed by atoms with Crippen molar-refractivity contribution in [3.05, 3.63) is 75.4 Å². The van der Waals surface area contributed by atoms with Crippen molar-refractivity contribution in [2.75, 3.05) is 11.5 Å². The number of cyclic esters (lactones) is 1. The first kappa shape index (κ1) is 16.1. The lowest BCUT2D eigenvalue weighted by molar-refractivity contribution is -0.136. The number of carbonyl (C=O) groups is 2. The summed E-state index contributed by atoms with van der Waals surface area (Å²) in [5.41, 5.74) is 4.11. The van der Waals surface area contributed by atoms with Crippen molar-refractivity contribution in [3.63, 3.8) is 0 Å². The molecule has 2 heterocycles. The van der Waals surface area contributed by atoms with Gasteiger partial charge in [-0.3, -0.25) is 9.69 Å². The Morgan fingerprint density at radius 2 is 1.80 bits per heavy atom. The van der Waals surface area contributed by atoms with E-state index in [1.165, 1.54) is 0 Å². The Labute approximate surface area is 154 Å². The van der Waals surface area contributed by atoms with E-state index in [0.717, 1.165) is 21.3 Å². The molecule has 2 aromatic rings. The topological polar surface area (TPSA) is 46.6 Å². The summed E-state index contributed by atoms with van der Waals surface area (Å²) in [6.45, 7) is 2.14. The summed E-state index contributed by atoms with van der Waals surface area (Å²) in [5.74, 6) is -0.587. The molecule has 126 valence electrons. The van der Waals surface area contributed by atoms with Crippen LogP contribution in [0, 0.1) is 6.92 Å². The minimum Gasteiger partial charge on any atom is -0.456 e. The van der Waals surface area contributed by atoms with Crippen molar-refractivity contribution < 1.29 is 14.3 Å². The Morgan fingerprint density at radius 3 is 2.52 bits per heavy atom. The normalized spacial score (nSPS) is 19.9. The van der Waals surface area contributed by atoms with Gasteiger partial charge in [-0.05, 0) is 42.3 Å². The van der Waals surface area contributed by atoms with Crippen LogP contribution in [0.25, 0.3) is 0 Å². The fraction of sp³-hybridized carbons (Fsp3) is 0.200. The third kappa shape index (κ3) is 2.68. The van der Waals surface area contributed by atoms with Crippen molar-refractivity contribution in [1.82, 2.24) is 0 Å². The average Bonchev–Trinajstić information content (AvgIpc) is 2.98. The number of hydrogen-bond acceptors (Lipinski definition) is 3. The molecule has 0 saturated heterocycles. The Kier molecular flexibility index (Phi) is 3.96. The first-order chi connectivity index (χ1) is 12.1. The van der Waals surface area contributed by atoms with Crippen LogP contribution in [0.4, 0.5) is 5.69 Å². The van der Waals surface area contributed by atoms with Crippen LogP contribution in [0.15, 0.2) is 64.3 Å². The quantitative estimate of drug-likeness (QED) is 0.716. The molecule has 2 aliphatic heterocycles. The van der Waals surface area contributed by atoms with E-state index in [9.17, 15) is 9.59 Å². The summed E-state index contributed by atoms with van der Waals surface area (Å²) < 4.78 is 6.24. The van der Waals surface area contributed by atoms with E-state index in [4.69, 9.17) is 4.74 Å². The number of ether oxygens (including phenoxy) is 1. The van der Waals surface area contributed by atoms with E-state index in [-0.39, 0.29) is 30.8 Å². The summed E-state index contributed by atoms with van der Waals surface area (Å²) >= 11 is 3.40. The Hall–Kier alpha value is -2.40. The van der Waals surface area contributed by atoms with Crippen molar-refractivity contribution in [2.24, 2.45) is 0 Å². The molecule has 2 aromatic carbocycles. The van der Waals surface area contributed by atoms with E-state index in [1.807, 2.05) is 55.5 Å². The zero-order chi connectivity index (χ0) is 17.6. The van der Waals surface area contributed by atoms with E-state index in [2.05, 4.69) is 15.9 Å². The van der Waals surface area contributed by atoms with Crippen LogP contribution in [-0.2, 0) is 14.3 Å². The largest absolute Gasteiger partial charge is 0.456 e. The van der Waals surface area contributed by atoms with E-state index in [0.29, 0.717) is 11.3 Å². The molecule has 1 amide bonds. The second-order valence-electron chi connectivity index (χ2n) is 6.26. The Bertz CT molecular complexity index is 901. The molecule has 4 nitrogen and oxygen atoms in total. The maximum atomic E-state index is 12.9. The zero-order valence-electron chi connectivity index (χ0n) is 13.7. The van der Waals surface area contributed by atoms with Crippen LogP contribution in [0.2, 0.25) is 0 Å². The molecular formula is C20H16BrNO3. The maximum absolute atomic E-state index is 12.9. The highest BCUT2D eigenvalue weighted by Gasteiger charge is 2.43. The lowest BCUT2D eigenvalue weighted by atomic mass is 9.82. The van der Waals surface area contributed by atoms with Crippen LogP contribution in [0.1, 0.15) is 23.5 Å². The number of halogens is 1. The van der Waals surface area contributed by atoms with Crippen LogP contribution < -0.4 is 4.90 Å². The number of hydrogen-bond donors (Lipinski definition) is 0. The second kappa shape index (κ2) is 6.15. The van der Waals surface area contributed by atoms with Gasteiger partial charge in [0.25, 0.3) is 0 Å². The van der Waals surface area contributed by atoms with Crippen molar-refractivity contribution in [3.8, 4) is 0 Å². The summed E-state index contributed by atoms with van der Waals surface area (Å²) in [6, 6.07) is 15.4. The average molecular weight is 398 g/mol. The smallest absolute Gasteiger partial charge is 0.336 e. The summed E-state index contributed by atoms with van der Waals surface area (Å²) in [4.78, 5) is 27.0. The minimum atomic E-state index is -0.321. The van der Waals surface area contributed by atoms with Gasteiger partial charge in [-0.25, -0.2) is 4.79 Å². The van der Waals surface area contributed by atoms with Crippen molar-refractivity contribution >= 4 is 33.5 Å². The molecule has 0 fully saturated rings. The van der Waals surface area contributed by atoms with Gasteiger partial charge < -0.3 is 4.74 Å². The lowest BCUT2D eigenvalue weighted by Gasteiger charge is -2.32. The fourth-order valence-electron chi connectivity index (χ4n) is 3.59.